The van der Waals surface area contributed by atoms with Crippen LogP contribution in [0.5, 0.6) is 0 Å². The standard InChI is InChI=1S/2C4H6N2O.2C3H4N2O2.CH4/c2*1-3-5-4(2)7-6-3;2*1-2-4-3(6)7-5-2;/h2*1-2H3;2*1H3,(H,4,5,6);1H4. The van der Waals surface area contributed by atoms with Crippen molar-refractivity contribution < 1.29 is 18.1 Å². The molecule has 4 aromatic rings. The zero-order valence-electron chi connectivity index (χ0n) is 16.1. The summed E-state index contributed by atoms with van der Waals surface area (Å²) in [5.41, 5.74) is 0. The first kappa shape index (κ1) is 25.2. The summed E-state index contributed by atoms with van der Waals surface area (Å²) in [6.07, 6.45) is 0. The van der Waals surface area contributed by atoms with Gasteiger partial charge >= 0.3 is 11.5 Å². The van der Waals surface area contributed by atoms with Crippen molar-refractivity contribution >= 4 is 0 Å². The molecule has 29 heavy (non-hydrogen) atoms. The number of aryl methyl sites for hydroxylation is 6. The first-order valence-corrected chi connectivity index (χ1v) is 7.74. The molecule has 0 spiro atoms. The van der Waals surface area contributed by atoms with Gasteiger partial charge in [-0.05, 0) is 27.7 Å². The lowest BCUT2D eigenvalue weighted by Crippen LogP contribution is -1.93. The molecule has 14 heteroatoms. The van der Waals surface area contributed by atoms with Crippen molar-refractivity contribution in [1.82, 2.24) is 40.6 Å². The predicted molar refractivity (Wildman–Crippen MR) is 98.0 cm³/mol. The number of aromatic nitrogens is 8. The number of hydrogen-bond donors (Lipinski definition) is 2. The smallest absolute Gasteiger partial charge is 0.340 e. The average molecular weight is 412 g/mol. The number of hydrogen-bond acceptors (Lipinski definition) is 12. The summed E-state index contributed by atoms with van der Waals surface area (Å²) in [7, 11) is 0. The van der Waals surface area contributed by atoms with E-state index >= 15 is 0 Å². The Bertz CT molecular complexity index is 935. The van der Waals surface area contributed by atoms with Gasteiger partial charge in [0.2, 0.25) is 11.8 Å². The SMILES string of the molecule is C.Cc1noc(=O)[nH]1.Cc1noc(=O)[nH]1.Cc1noc(C)n1.Cc1noc(C)n1. The van der Waals surface area contributed by atoms with E-state index in [1.165, 1.54) is 0 Å². The molecular weight excluding hydrogens is 388 g/mol. The maximum Gasteiger partial charge on any atom is 0.438 e. The molecule has 0 aliphatic heterocycles. The van der Waals surface area contributed by atoms with E-state index in [1.54, 1.807) is 41.5 Å². The van der Waals surface area contributed by atoms with Gasteiger partial charge in [0.1, 0.15) is 11.6 Å². The molecule has 0 aromatic carbocycles. The number of aromatic amines is 2. The molecule has 0 radical (unpaired) electrons. The van der Waals surface area contributed by atoms with Crippen molar-refractivity contribution in [2.75, 3.05) is 0 Å². The van der Waals surface area contributed by atoms with E-state index < -0.39 is 11.5 Å². The molecule has 0 fully saturated rings. The molecular formula is C15H24N8O6. The third-order valence-corrected chi connectivity index (χ3v) is 2.36. The van der Waals surface area contributed by atoms with Crippen molar-refractivity contribution in [3.8, 4) is 0 Å². The van der Waals surface area contributed by atoms with Crippen LogP contribution < -0.4 is 11.5 Å². The Hall–Kier alpha value is -3.84. The van der Waals surface area contributed by atoms with E-state index in [9.17, 15) is 9.59 Å². The topological polar surface area (TPSA) is 196 Å². The third kappa shape index (κ3) is 11.5. The quantitative estimate of drug-likeness (QED) is 0.421. The van der Waals surface area contributed by atoms with E-state index in [2.05, 4.69) is 58.7 Å². The lowest BCUT2D eigenvalue weighted by Gasteiger charge is -1.64. The van der Waals surface area contributed by atoms with Crippen LogP contribution in [-0.2, 0) is 0 Å². The Kier molecular flexibility index (Phi) is 10.9. The largest absolute Gasteiger partial charge is 0.438 e. The third-order valence-electron chi connectivity index (χ3n) is 2.36. The maximum atomic E-state index is 10.0. The number of nitrogens with zero attached hydrogens (tertiary/aromatic N) is 6. The highest BCUT2D eigenvalue weighted by Crippen LogP contribution is 1.90. The summed E-state index contributed by atoms with van der Waals surface area (Å²) in [5, 5.41) is 13.6. The summed E-state index contributed by atoms with van der Waals surface area (Å²) in [4.78, 5) is 32.3. The highest BCUT2D eigenvalue weighted by Gasteiger charge is 1.91. The van der Waals surface area contributed by atoms with Gasteiger partial charge in [0, 0.05) is 13.8 Å². The molecule has 14 nitrogen and oxygen atoms in total. The van der Waals surface area contributed by atoms with Crippen LogP contribution in [0.2, 0.25) is 0 Å². The minimum absolute atomic E-state index is 0. The van der Waals surface area contributed by atoms with Gasteiger partial charge in [-0.1, -0.05) is 28.1 Å². The summed E-state index contributed by atoms with van der Waals surface area (Å²) in [6, 6.07) is 0. The predicted octanol–water partition coefficient (Wildman–Crippen LogP) is 1.35. The molecule has 0 aliphatic carbocycles. The van der Waals surface area contributed by atoms with E-state index in [0.717, 1.165) is 0 Å². The Morgan fingerprint density at radius 2 is 0.931 bits per heavy atom. The van der Waals surface area contributed by atoms with Gasteiger partial charge in [0.05, 0.1) is 0 Å². The van der Waals surface area contributed by atoms with Crippen LogP contribution in [0.15, 0.2) is 27.7 Å². The molecule has 4 aromatic heterocycles. The van der Waals surface area contributed by atoms with E-state index in [4.69, 9.17) is 0 Å². The fourth-order valence-corrected chi connectivity index (χ4v) is 1.41. The van der Waals surface area contributed by atoms with Gasteiger partial charge in [-0.15, -0.1) is 0 Å². The molecule has 160 valence electrons. The zero-order valence-corrected chi connectivity index (χ0v) is 16.1. The lowest BCUT2D eigenvalue weighted by molar-refractivity contribution is 0.383. The highest BCUT2D eigenvalue weighted by molar-refractivity contribution is 4.78. The van der Waals surface area contributed by atoms with Crippen LogP contribution in [0.1, 0.15) is 42.5 Å². The van der Waals surface area contributed by atoms with Crippen LogP contribution >= 0.6 is 0 Å². The van der Waals surface area contributed by atoms with Crippen LogP contribution in [-0.4, -0.2) is 40.6 Å². The number of H-pyrrole nitrogens is 2. The average Bonchev–Trinajstić information content (AvgIpc) is 3.37. The Labute approximate surface area is 164 Å². The van der Waals surface area contributed by atoms with Gasteiger partial charge in [-0.2, -0.15) is 9.97 Å². The summed E-state index contributed by atoms with van der Waals surface area (Å²) in [5.74, 6) is 2.63. The minimum Gasteiger partial charge on any atom is -0.340 e. The van der Waals surface area contributed by atoms with Crippen LogP contribution in [0.25, 0.3) is 0 Å². The molecule has 4 heterocycles. The second-order valence-corrected chi connectivity index (χ2v) is 5.08. The first-order valence-electron chi connectivity index (χ1n) is 7.74. The lowest BCUT2D eigenvalue weighted by atomic mass is 10.7. The van der Waals surface area contributed by atoms with Crippen molar-refractivity contribution in [2.24, 2.45) is 0 Å². The van der Waals surface area contributed by atoms with Crippen molar-refractivity contribution in [2.45, 2.75) is 49.0 Å². The summed E-state index contributed by atoms with van der Waals surface area (Å²) in [6.45, 7) is 10.4. The molecule has 0 saturated carbocycles. The second-order valence-electron chi connectivity index (χ2n) is 5.08. The Morgan fingerprint density at radius 1 is 0.586 bits per heavy atom. The van der Waals surface area contributed by atoms with E-state index in [0.29, 0.717) is 35.1 Å². The fraction of sp³-hybridized carbons (Fsp3) is 0.467. The van der Waals surface area contributed by atoms with Crippen molar-refractivity contribution in [3.05, 3.63) is 56.2 Å². The van der Waals surface area contributed by atoms with Crippen LogP contribution in [0.3, 0.4) is 0 Å². The molecule has 0 saturated heterocycles. The second kappa shape index (κ2) is 12.5. The molecule has 2 N–H and O–H groups in total. The van der Waals surface area contributed by atoms with Crippen molar-refractivity contribution in [1.29, 1.82) is 0 Å². The van der Waals surface area contributed by atoms with E-state index in [1.807, 2.05) is 0 Å². The molecule has 0 unspecified atom stereocenters. The Balaban J connectivity index is 0.000000356. The fourth-order valence-electron chi connectivity index (χ4n) is 1.41. The molecule has 0 bridgehead atoms. The van der Waals surface area contributed by atoms with Gasteiger partial charge in [0.25, 0.3) is 0 Å². The minimum atomic E-state index is -0.502. The highest BCUT2D eigenvalue weighted by atomic mass is 16.5. The Morgan fingerprint density at radius 3 is 1.00 bits per heavy atom. The number of rotatable bonds is 0. The zero-order chi connectivity index (χ0) is 21.1. The van der Waals surface area contributed by atoms with Gasteiger partial charge in [0.15, 0.2) is 11.6 Å². The molecule has 0 aliphatic rings. The molecule has 0 atom stereocenters. The monoisotopic (exact) mass is 412 g/mol. The summed E-state index contributed by atoms with van der Waals surface area (Å²) >= 11 is 0. The van der Waals surface area contributed by atoms with Crippen molar-refractivity contribution in [3.63, 3.8) is 0 Å². The van der Waals surface area contributed by atoms with Gasteiger partial charge < -0.3 is 9.05 Å². The number of nitrogens with one attached hydrogen (secondary N) is 2. The van der Waals surface area contributed by atoms with Crippen LogP contribution in [0, 0.1) is 41.5 Å². The first-order chi connectivity index (χ1) is 13.2. The van der Waals surface area contributed by atoms with Crippen LogP contribution in [0.4, 0.5) is 0 Å². The van der Waals surface area contributed by atoms with Gasteiger partial charge in [-0.25, -0.2) is 9.59 Å². The maximum absolute atomic E-state index is 10.0. The normalized spacial score (nSPS) is 9.03. The molecule has 0 amide bonds. The van der Waals surface area contributed by atoms with E-state index in [-0.39, 0.29) is 7.43 Å². The van der Waals surface area contributed by atoms with Gasteiger partial charge in [-0.3, -0.25) is 19.0 Å². The summed E-state index contributed by atoms with van der Waals surface area (Å²) < 4.78 is 17.4. The molecule has 4 rings (SSSR count).